The molecule has 13 nitrogen and oxygen atoms in total. The van der Waals surface area contributed by atoms with E-state index in [2.05, 4.69) is 19.5 Å². The minimum atomic E-state index is -4.72. The van der Waals surface area contributed by atoms with Crippen molar-refractivity contribution in [2.24, 2.45) is 0 Å². The lowest BCUT2D eigenvalue weighted by Crippen LogP contribution is -2.46. The number of fused-ring (bicyclic) bond motifs is 2. The van der Waals surface area contributed by atoms with Crippen LogP contribution in [0.2, 0.25) is 0 Å². The van der Waals surface area contributed by atoms with Crippen LogP contribution in [0.5, 0.6) is 23.3 Å². The fourth-order valence-electron chi connectivity index (χ4n) is 5.65. The maximum Gasteiger partial charge on any atom is 0.573 e. The van der Waals surface area contributed by atoms with Gasteiger partial charge < -0.3 is 38.4 Å². The second-order valence-corrected chi connectivity index (χ2v) is 11.7. The van der Waals surface area contributed by atoms with E-state index in [1.54, 1.807) is 4.57 Å². The van der Waals surface area contributed by atoms with E-state index >= 15 is 0 Å². The molecule has 0 amide bonds. The molecule has 4 heterocycles. The van der Waals surface area contributed by atoms with Crippen molar-refractivity contribution in [2.75, 3.05) is 37.7 Å². The number of aryl methyl sites for hydroxylation is 1. The van der Waals surface area contributed by atoms with E-state index < -0.39 is 11.3 Å². The van der Waals surface area contributed by atoms with Crippen LogP contribution in [0.4, 0.5) is 25.0 Å². The van der Waals surface area contributed by atoms with Crippen LogP contribution < -0.4 is 23.8 Å². The summed E-state index contributed by atoms with van der Waals surface area (Å²) in [5.41, 5.74) is 3.19. The predicted octanol–water partition coefficient (Wildman–Crippen LogP) is 5.96. The Balaban J connectivity index is 0.859. The molecule has 0 radical (unpaired) electrons. The van der Waals surface area contributed by atoms with E-state index in [0.717, 1.165) is 43.9 Å². The van der Waals surface area contributed by atoms with Crippen molar-refractivity contribution in [3.05, 3.63) is 94.2 Å². The molecular weight excluding hydrogens is 649 g/mol. The first-order valence-electron chi connectivity index (χ1n) is 15.6. The molecule has 0 N–H and O–H groups in total. The first-order chi connectivity index (χ1) is 23.6. The molecule has 7 rings (SSSR count). The molecule has 0 aliphatic carbocycles. The molecule has 49 heavy (non-hydrogen) atoms. The summed E-state index contributed by atoms with van der Waals surface area (Å²) in [6.45, 7) is 4.94. The van der Waals surface area contributed by atoms with Gasteiger partial charge in [0.15, 0.2) is 5.58 Å². The Morgan fingerprint density at radius 2 is 1.59 bits per heavy atom. The van der Waals surface area contributed by atoms with Crippen molar-refractivity contribution < 1.29 is 41.5 Å². The fourth-order valence-corrected chi connectivity index (χ4v) is 5.65. The number of halogens is 3. The van der Waals surface area contributed by atoms with E-state index in [0.29, 0.717) is 41.6 Å². The Labute approximate surface area is 277 Å². The van der Waals surface area contributed by atoms with Crippen LogP contribution in [0.3, 0.4) is 0 Å². The number of nitro groups is 1. The number of aromatic nitrogens is 3. The Morgan fingerprint density at radius 1 is 0.878 bits per heavy atom. The lowest BCUT2D eigenvalue weighted by atomic mass is 10.2. The second kappa shape index (κ2) is 13.5. The Morgan fingerprint density at radius 3 is 2.33 bits per heavy atom. The Bertz CT molecular complexity index is 1900. The molecule has 0 spiro atoms. The van der Waals surface area contributed by atoms with Gasteiger partial charge in [0.05, 0.1) is 0 Å². The Hall–Kier alpha value is -5.51. The van der Waals surface area contributed by atoms with Gasteiger partial charge in [-0.05, 0) is 52.4 Å². The molecule has 1 atom stereocenters. The van der Waals surface area contributed by atoms with Gasteiger partial charge in [0.1, 0.15) is 48.3 Å². The van der Waals surface area contributed by atoms with Crippen molar-refractivity contribution in [2.45, 2.75) is 38.6 Å². The van der Waals surface area contributed by atoms with E-state index in [-0.39, 0.29) is 36.9 Å². The molecule has 1 fully saturated rings. The largest absolute Gasteiger partial charge is 0.573 e. The number of imidazole rings is 1. The van der Waals surface area contributed by atoms with E-state index in [1.807, 2.05) is 42.5 Å². The summed E-state index contributed by atoms with van der Waals surface area (Å²) < 4.78 is 66.2. The normalized spacial score (nSPS) is 16.6. The van der Waals surface area contributed by atoms with Gasteiger partial charge in [-0.2, -0.15) is 4.98 Å². The number of alkyl halides is 3. The highest BCUT2D eigenvalue weighted by Gasteiger charge is 2.31. The molecule has 0 bridgehead atoms. The standard InChI is InChI=1S/C33H31F3N6O7/c34-33(35,36)49-25-7-3-23(4-8-25)20-45-24-5-1-22(2-6-24)18-39-13-15-40(16-14-39)31-37-28-17-26(9-10-29(28)48-31)46-21-27-11-12-41-19-30(42(43)44)38-32(41)47-27/h1-10,17,19,27H,11-16,18,20-21H2. The summed E-state index contributed by atoms with van der Waals surface area (Å²) in [4.78, 5) is 23.6. The number of oxazole rings is 1. The summed E-state index contributed by atoms with van der Waals surface area (Å²) in [6, 6.07) is 19.6. The van der Waals surface area contributed by atoms with E-state index in [1.165, 1.54) is 30.5 Å². The number of hydrogen-bond acceptors (Lipinski definition) is 11. The van der Waals surface area contributed by atoms with Gasteiger partial charge >= 0.3 is 18.2 Å². The minimum absolute atomic E-state index is 0.219. The molecule has 2 aliphatic rings. The van der Waals surface area contributed by atoms with Gasteiger partial charge in [0, 0.05) is 56.7 Å². The molecule has 2 aromatic heterocycles. The van der Waals surface area contributed by atoms with Crippen LogP contribution in [0.25, 0.3) is 11.1 Å². The summed E-state index contributed by atoms with van der Waals surface area (Å²) in [6.07, 6.45) is -3.00. The van der Waals surface area contributed by atoms with Gasteiger partial charge in [-0.25, -0.2) is 0 Å². The lowest BCUT2D eigenvalue weighted by molar-refractivity contribution is -0.389. The van der Waals surface area contributed by atoms with Gasteiger partial charge in [0.2, 0.25) is 0 Å². The van der Waals surface area contributed by atoms with Crippen LogP contribution in [-0.4, -0.2) is 69.6 Å². The highest BCUT2D eigenvalue weighted by Crippen LogP contribution is 2.29. The van der Waals surface area contributed by atoms with Crippen molar-refractivity contribution in [3.63, 3.8) is 0 Å². The van der Waals surface area contributed by atoms with E-state index in [4.69, 9.17) is 23.6 Å². The van der Waals surface area contributed by atoms with Gasteiger partial charge in [-0.3, -0.25) is 9.47 Å². The second-order valence-electron chi connectivity index (χ2n) is 11.7. The zero-order chi connectivity index (χ0) is 34.0. The summed E-state index contributed by atoms with van der Waals surface area (Å²) in [5.74, 6) is 0.770. The van der Waals surface area contributed by atoms with Crippen LogP contribution in [0.1, 0.15) is 17.5 Å². The van der Waals surface area contributed by atoms with Crippen LogP contribution in [-0.2, 0) is 19.7 Å². The van der Waals surface area contributed by atoms with Gasteiger partial charge in [-0.1, -0.05) is 24.3 Å². The van der Waals surface area contributed by atoms with Crippen molar-refractivity contribution >= 4 is 22.9 Å². The number of anilines is 1. The molecule has 2 aliphatic heterocycles. The number of piperazine rings is 1. The topological polar surface area (TPSA) is 130 Å². The number of ether oxygens (including phenoxy) is 4. The summed E-state index contributed by atoms with van der Waals surface area (Å²) >= 11 is 0. The molecule has 0 saturated carbocycles. The number of nitrogens with zero attached hydrogens (tertiary/aromatic N) is 6. The lowest BCUT2D eigenvalue weighted by Gasteiger charge is -2.33. The van der Waals surface area contributed by atoms with E-state index in [9.17, 15) is 23.3 Å². The van der Waals surface area contributed by atoms with Crippen LogP contribution >= 0.6 is 0 Å². The number of benzene rings is 3. The first kappa shape index (κ1) is 32.1. The predicted molar refractivity (Wildman–Crippen MR) is 169 cm³/mol. The van der Waals surface area contributed by atoms with Gasteiger partial charge in [-0.15, -0.1) is 13.2 Å². The highest BCUT2D eigenvalue weighted by atomic mass is 19.4. The maximum atomic E-state index is 12.4. The van der Waals surface area contributed by atoms with Crippen molar-refractivity contribution in [1.29, 1.82) is 0 Å². The zero-order valence-electron chi connectivity index (χ0n) is 26.0. The van der Waals surface area contributed by atoms with Crippen molar-refractivity contribution in [1.82, 2.24) is 19.4 Å². The fraction of sp³-hybridized carbons (Fsp3) is 0.333. The Kier molecular flexibility index (Phi) is 8.86. The number of rotatable bonds is 11. The molecule has 1 unspecified atom stereocenters. The third-order valence-electron chi connectivity index (χ3n) is 8.20. The maximum absolute atomic E-state index is 12.4. The quantitative estimate of drug-likeness (QED) is 0.121. The molecule has 3 aromatic carbocycles. The highest BCUT2D eigenvalue weighted by molar-refractivity contribution is 5.76. The van der Waals surface area contributed by atoms with Crippen LogP contribution in [0, 0.1) is 10.1 Å². The average molecular weight is 681 g/mol. The monoisotopic (exact) mass is 680 g/mol. The zero-order valence-corrected chi connectivity index (χ0v) is 26.0. The number of hydrogen-bond donors (Lipinski definition) is 0. The smallest absolute Gasteiger partial charge is 0.490 e. The molecular formula is C33H31F3N6O7. The third kappa shape index (κ3) is 7.97. The SMILES string of the molecule is O=[N+]([O-])c1cn2c(n1)OC(COc1ccc3oc(N4CCN(Cc5ccc(OCc6ccc(OC(F)(F)F)cc6)cc5)CC4)nc3c1)CC2. The molecule has 256 valence electrons. The van der Waals surface area contributed by atoms with Crippen LogP contribution in [0.15, 0.2) is 77.3 Å². The third-order valence-corrected chi connectivity index (χ3v) is 8.20. The van der Waals surface area contributed by atoms with Crippen molar-refractivity contribution in [3.8, 4) is 23.3 Å². The average Bonchev–Trinajstić information content (AvgIpc) is 3.72. The summed E-state index contributed by atoms with van der Waals surface area (Å²) in [7, 11) is 0. The molecule has 5 aromatic rings. The minimum Gasteiger partial charge on any atom is -0.490 e. The molecule has 16 heteroatoms. The first-order valence-corrected chi connectivity index (χ1v) is 15.6. The summed E-state index contributed by atoms with van der Waals surface area (Å²) in [5, 5.41) is 11.0. The van der Waals surface area contributed by atoms with Gasteiger partial charge in [0.25, 0.3) is 6.01 Å². The molecule has 1 saturated heterocycles.